The molecule has 0 aliphatic carbocycles. The van der Waals surface area contributed by atoms with Crippen molar-refractivity contribution in [3.63, 3.8) is 0 Å². The highest BCUT2D eigenvalue weighted by Crippen LogP contribution is 2.15. The SMILES string of the molecule is CCCNC(=O)CNC(=O)c1c(N)c(C)nn1CC. The Balaban J connectivity index is 2.66. The Bertz CT molecular complexity index is 467. The zero-order chi connectivity index (χ0) is 14.4. The van der Waals surface area contributed by atoms with Gasteiger partial charge in [-0.15, -0.1) is 0 Å². The summed E-state index contributed by atoms with van der Waals surface area (Å²) in [6.07, 6.45) is 0.856. The Morgan fingerprint density at radius 1 is 1.32 bits per heavy atom. The summed E-state index contributed by atoms with van der Waals surface area (Å²) in [5, 5.41) is 9.38. The van der Waals surface area contributed by atoms with Gasteiger partial charge in [-0.1, -0.05) is 6.92 Å². The minimum absolute atomic E-state index is 0.0633. The summed E-state index contributed by atoms with van der Waals surface area (Å²) >= 11 is 0. The van der Waals surface area contributed by atoms with E-state index >= 15 is 0 Å². The molecule has 106 valence electrons. The molecule has 0 bridgehead atoms. The molecule has 1 rings (SSSR count). The highest BCUT2D eigenvalue weighted by Gasteiger charge is 2.19. The Hall–Kier alpha value is -2.05. The number of nitrogen functional groups attached to an aromatic ring is 1. The van der Waals surface area contributed by atoms with Crippen LogP contribution >= 0.6 is 0 Å². The zero-order valence-corrected chi connectivity index (χ0v) is 11.6. The molecule has 1 aromatic heterocycles. The molecule has 0 spiro atoms. The second-order valence-electron chi connectivity index (χ2n) is 4.20. The van der Waals surface area contributed by atoms with Crippen molar-refractivity contribution in [1.82, 2.24) is 20.4 Å². The second-order valence-corrected chi connectivity index (χ2v) is 4.20. The first-order chi connectivity index (χ1) is 9.01. The van der Waals surface area contributed by atoms with Crippen molar-refractivity contribution in [2.24, 2.45) is 0 Å². The van der Waals surface area contributed by atoms with Crippen LogP contribution in [0.2, 0.25) is 0 Å². The largest absolute Gasteiger partial charge is 0.395 e. The van der Waals surface area contributed by atoms with Gasteiger partial charge in [-0.3, -0.25) is 14.3 Å². The van der Waals surface area contributed by atoms with E-state index in [1.807, 2.05) is 13.8 Å². The first-order valence-corrected chi connectivity index (χ1v) is 6.39. The first-order valence-electron chi connectivity index (χ1n) is 6.39. The van der Waals surface area contributed by atoms with Gasteiger partial charge in [0.25, 0.3) is 5.91 Å². The standard InChI is InChI=1S/C12H21N5O2/c1-4-6-14-9(18)7-15-12(19)11-10(13)8(3)16-17(11)5-2/h4-7,13H2,1-3H3,(H,14,18)(H,15,19). The van der Waals surface area contributed by atoms with Gasteiger partial charge < -0.3 is 16.4 Å². The molecule has 0 fully saturated rings. The Morgan fingerprint density at radius 2 is 2.00 bits per heavy atom. The molecule has 2 amide bonds. The maximum absolute atomic E-state index is 12.0. The topological polar surface area (TPSA) is 102 Å². The molecule has 1 heterocycles. The smallest absolute Gasteiger partial charge is 0.272 e. The number of nitrogens with zero attached hydrogens (tertiary/aromatic N) is 2. The number of anilines is 1. The number of rotatable bonds is 6. The number of aryl methyl sites for hydroxylation is 2. The number of amides is 2. The molecule has 0 unspecified atom stereocenters. The normalized spacial score (nSPS) is 10.3. The third-order valence-electron chi connectivity index (χ3n) is 2.67. The minimum Gasteiger partial charge on any atom is -0.395 e. The predicted octanol–water partition coefficient (Wildman–Crippen LogP) is 0.0496. The lowest BCUT2D eigenvalue weighted by Gasteiger charge is -2.08. The molecular formula is C12H21N5O2. The maximum atomic E-state index is 12.0. The van der Waals surface area contributed by atoms with E-state index < -0.39 is 0 Å². The zero-order valence-electron chi connectivity index (χ0n) is 11.6. The van der Waals surface area contributed by atoms with Crippen LogP contribution in [0.15, 0.2) is 0 Å². The molecule has 0 radical (unpaired) electrons. The van der Waals surface area contributed by atoms with Crippen LogP contribution in [-0.4, -0.2) is 34.7 Å². The number of hydrogen-bond donors (Lipinski definition) is 3. The summed E-state index contributed by atoms with van der Waals surface area (Å²) in [5.41, 5.74) is 7.10. The van der Waals surface area contributed by atoms with E-state index in [0.717, 1.165) is 6.42 Å². The van der Waals surface area contributed by atoms with Gasteiger partial charge in [-0.25, -0.2) is 0 Å². The maximum Gasteiger partial charge on any atom is 0.272 e. The summed E-state index contributed by atoms with van der Waals surface area (Å²) in [5.74, 6) is -0.598. The lowest BCUT2D eigenvalue weighted by atomic mass is 10.3. The quantitative estimate of drug-likeness (QED) is 0.677. The van der Waals surface area contributed by atoms with Gasteiger partial charge in [0.15, 0.2) is 0 Å². The van der Waals surface area contributed by atoms with E-state index in [-0.39, 0.29) is 18.4 Å². The van der Waals surface area contributed by atoms with Gasteiger partial charge in [0.1, 0.15) is 5.69 Å². The lowest BCUT2D eigenvalue weighted by Crippen LogP contribution is -2.38. The van der Waals surface area contributed by atoms with Crippen LogP contribution in [0, 0.1) is 6.92 Å². The number of nitrogens with one attached hydrogen (secondary N) is 2. The third-order valence-corrected chi connectivity index (χ3v) is 2.67. The number of carbonyl (C=O) groups is 2. The van der Waals surface area contributed by atoms with E-state index in [4.69, 9.17) is 5.73 Å². The molecule has 1 aromatic rings. The summed E-state index contributed by atoms with van der Waals surface area (Å²) in [6, 6.07) is 0. The van der Waals surface area contributed by atoms with Crippen LogP contribution in [0.5, 0.6) is 0 Å². The summed E-state index contributed by atoms with van der Waals surface area (Å²) < 4.78 is 1.53. The fourth-order valence-corrected chi connectivity index (χ4v) is 1.63. The van der Waals surface area contributed by atoms with Gasteiger partial charge in [-0.2, -0.15) is 5.10 Å². The van der Waals surface area contributed by atoms with E-state index in [0.29, 0.717) is 30.2 Å². The third kappa shape index (κ3) is 3.70. The van der Waals surface area contributed by atoms with E-state index in [9.17, 15) is 9.59 Å². The van der Waals surface area contributed by atoms with Gasteiger partial charge in [0.05, 0.1) is 17.9 Å². The molecule has 7 nitrogen and oxygen atoms in total. The Labute approximate surface area is 112 Å². The molecule has 0 saturated heterocycles. The number of carbonyl (C=O) groups excluding carboxylic acids is 2. The Morgan fingerprint density at radius 3 is 2.58 bits per heavy atom. The molecule has 0 aliphatic heterocycles. The average Bonchev–Trinajstić information content (AvgIpc) is 2.69. The molecule has 19 heavy (non-hydrogen) atoms. The molecular weight excluding hydrogens is 246 g/mol. The Kier molecular flexibility index (Phi) is 5.35. The van der Waals surface area contributed by atoms with Crippen molar-refractivity contribution in [2.75, 3.05) is 18.8 Å². The number of aromatic nitrogens is 2. The highest BCUT2D eigenvalue weighted by molar-refractivity contribution is 5.99. The second kappa shape index (κ2) is 6.77. The summed E-state index contributed by atoms with van der Waals surface area (Å²) in [4.78, 5) is 23.4. The van der Waals surface area contributed by atoms with E-state index in [1.165, 1.54) is 4.68 Å². The van der Waals surface area contributed by atoms with Crippen molar-refractivity contribution in [1.29, 1.82) is 0 Å². The molecule has 0 aromatic carbocycles. The predicted molar refractivity (Wildman–Crippen MR) is 72.7 cm³/mol. The lowest BCUT2D eigenvalue weighted by molar-refractivity contribution is -0.120. The van der Waals surface area contributed by atoms with Crippen molar-refractivity contribution in [2.45, 2.75) is 33.7 Å². The van der Waals surface area contributed by atoms with Gasteiger partial charge >= 0.3 is 0 Å². The highest BCUT2D eigenvalue weighted by atomic mass is 16.2. The van der Waals surface area contributed by atoms with Gasteiger partial charge in [-0.05, 0) is 20.3 Å². The van der Waals surface area contributed by atoms with E-state index in [1.54, 1.807) is 6.92 Å². The van der Waals surface area contributed by atoms with Crippen molar-refractivity contribution >= 4 is 17.5 Å². The molecule has 7 heteroatoms. The fourth-order valence-electron chi connectivity index (χ4n) is 1.63. The number of hydrogen-bond acceptors (Lipinski definition) is 4. The molecule has 4 N–H and O–H groups in total. The van der Waals surface area contributed by atoms with Crippen LogP contribution in [0.4, 0.5) is 5.69 Å². The van der Waals surface area contributed by atoms with Crippen molar-refractivity contribution in [3.05, 3.63) is 11.4 Å². The van der Waals surface area contributed by atoms with E-state index in [2.05, 4.69) is 15.7 Å². The monoisotopic (exact) mass is 267 g/mol. The van der Waals surface area contributed by atoms with Crippen molar-refractivity contribution in [3.8, 4) is 0 Å². The van der Waals surface area contributed by atoms with Gasteiger partial charge in [0.2, 0.25) is 5.91 Å². The number of nitrogens with two attached hydrogens (primary N) is 1. The van der Waals surface area contributed by atoms with Gasteiger partial charge in [0, 0.05) is 13.1 Å². The first kappa shape index (κ1) is 15.0. The van der Waals surface area contributed by atoms with Crippen molar-refractivity contribution < 1.29 is 9.59 Å². The average molecular weight is 267 g/mol. The van der Waals surface area contributed by atoms with Crippen LogP contribution in [0.25, 0.3) is 0 Å². The molecule has 0 atom stereocenters. The minimum atomic E-state index is -0.383. The summed E-state index contributed by atoms with van der Waals surface area (Å²) in [7, 11) is 0. The van der Waals surface area contributed by atoms with Crippen LogP contribution in [-0.2, 0) is 11.3 Å². The van der Waals surface area contributed by atoms with Crippen LogP contribution in [0.3, 0.4) is 0 Å². The summed E-state index contributed by atoms with van der Waals surface area (Å²) in [6.45, 7) is 6.66. The van der Waals surface area contributed by atoms with Crippen LogP contribution in [0.1, 0.15) is 36.5 Å². The molecule has 0 aliphatic rings. The molecule has 0 saturated carbocycles. The van der Waals surface area contributed by atoms with Crippen LogP contribution < -0.4 is 16.4 Å². The fraction of sp³-hybridized carbons (Fsp3) is 0.583.